The topological polar surface area (TPSA) is 9.23 Å². The third-order valence-electron chi connectivity index (χ3n) is 3.09. The molecule has 0 aliphatic heterocycles. The van der Waals surface area contributed by atoms with Gasteiger partial charge in [-0.3, -0.25) is 0 Å². The molecule has 18 heavy (non-hydrogen) atoms. The molecule has 0 N–H and O–H groups in total. The average molecular weight is 378 g/mol. The molecule has 0 aliphatic carbocycles. The maximum atomic E-state index is 5.42. The summed E-state index contributed by atoms with van der Waals surface area (Å²) >= 11 is 7.30. The molecule has 1 nitrogen and oxygen atoms in total. The lowest BCUT2D eigenvalue weighted by atomic mass is 10.0. The number of rotatable bonds is 8. The Morgan fingerprint density at radius 3 is 2.56 bits per heavy atom. The van der Waals surface area contributed by atoms with E-state index in [0.717, 1.165) is 16.6 Å². The first-order valence-electron chi connectivity index (χ1n) is 6.66. The number of hydrogen-bond acceptors (Lipinski definition) is 1. The van der Waals surface area contributed by atoms with Crippen molar-refractivity contribution >= 4 is 31.9 Å². The summed E-state index contributed by atoms with van der Waals surface area (Å²) in [6.45, 7) is 2.25. The van der Waals surface area contributed by atoms with E-state index in [9.17, 15) is 0 Å². The standard InChI is InChI=1S/C15H22Br2O/c1-3-4-5-6-7-8-14(17)13-11-12(16)9-10-15(13)18-2/h9-11,14H,3-8H2,1-2H3. The lowest BCUT2D eigenvalue weighted by Gasteiger charge is -2.14. The van der Waals surface area contributed by atoms with Crippen LogP contribution in [0.1, 0.15) is 55.8 Å². The zero-order valence-electron chi connectivity index (χ0n) is 11.2. The van der Waals surface area contributed by atoms with Gasteiger partial charge in [-0.1, -0.05) is 70.9 Å². The number of methoxy groups -OCH3 is 1. The lowest BCUT2D eigenvalue weighted by molar-refractivity contribution is 0.408. The van der Waals surface area contributed by atoms with Gasteiger partial charge >= 0.3 is 0 Å². The van der Waals surface area contributed by atoms with Crippen molar-refractivity contribution in [2.24, 2.45) is 0 Å². The van der Waals surface area contributed by atoms with Gasteiger partial charge in [0.2, 0.25) is 0 Å². The van der Waals surface area contributed by atoms with Crippen LogP contribution in [0, 0.1) is 0 Å². The van der Waals surface area contributed by atoms with Crippen molar-refractivity contribution < 1.29 is 4.74 Å². The van der Waals surface area contributed by atoms with E-state index in [1.165, 1.54) is 37.7 Å². The molecule has 1 aromatic carbocycles. The molecular weight excluding hydrogens is 356 g/mol. The zero-order chi connectivity index (χ0) is 13.4. The molecule has 0 spiro atoms. The van der Waals surface area contributed by atoms with Crippen molar-refractivity contribution in [3.8, 4) is 5.75 Å². The van der Waals surface area contributed by atoms with Gasteiger partial charge in [0, 0.05) is 14.9 Å². The summed E-state index contributed by atoms with van der Waals surface area (Å²) in [6.07, 6.45) is 7.77. The molecule has 1 atom stereocenters. The number of halogens is 2. The fraction of sp³-hybridized carbons (Fsp3) is 0.600. The Bertz CT molecular complexity index is 352. The monoisotopic (exact) mass is 376 g/mol. The Morgan fingerprint density at radius 2 is 1.89 bits per heavy atom. The molecule has 0 radical (unpaired) electrons. The van der Waals surface area contributed by atoms with Crippen LogP contribution in [0.4, 0.5) is 0 Å². The third-order valence-corrected chi connectivity index (χ3v) is 4.53. The molecular formula is C15H22Br2O. The first-order valence-corrected chi connectivity index (χ1v) is 8.37. The molecule has 0 aliphatic rings. The Labute approximate surface area is 128 Å². The van der Waals surface area contributed by atoms with Crippen LogP contribution in [0.3, 0.4) is 0 Å². The van der Waals surface area contributed by atoms with Crippen LogP contribution in [0.2, 0.25) is 0 Å². The van der Waals surface area contributed by atoms with Gasteiger partial charge in [-0.25, -0.2) is 0 Å². The summed E-state index contributed by atoms with van der Waals surface area (Å²) in [5, 5.41) is 0. The SMILES string of the molecule is CCCCCCCC(Br)c1cc(Br)ccc1OC. The van der Waals surface area contributed by atoms with Gasteiger partial charge < -0.3 is 4.74 Å². The van der Waals surface area contributed by atoms with Crippen molar-refractivity contribution in [2.75, 3.05) is 7.11 Å². The lowest BCUT2D eigenvalue weighted by Crippen LogP contribution is -1.96. The summed E-state index contributed by atoms with van der Waals surface area (Å²) in [7, 11) is 1.73. The Hall–Kier alpha value is -0.0200. The predicted octanol–water partition coefficient (Wildman–Crippen LogP) is 6.25. The quantitative estimate of drug-likeness (QED) is 0.384. The normalized spacial score (nSPS) is 12.4. The number of hydrogen-bond donors (Lipinski definition) is 0. The van der Waals surface area contributed by atoms with Gasteiger partial charge in [-0.15, -0.1) is 0 Å². The number of benzene rings is 1. The van der Waals surface area contributed by atoms with Crippen molar-refractivity contribution in [3.05, 3.63) is 28.2 Å². The fourth-order valence-electron chi connectivity index (χ4n) is 2.03. The van der Waals surface area contributed by atoms with Crippen molar-refractivity contribution in [2.45, 2.75) is 50.3 Å². The summed E-state index contributed by atoms with van der Waals surface area (Å²) in [5.74, 6) is 0.966. The van der Waals surface area contributed by atoms with E-state index < -0.39 is 0 Å². The fourth-order valence-corrected chi connectivity index (χ4v) is 3.09. The van der Waals surface area contributed by atoms with Gasteiger partial charge in [0.25, 0.3) is 0 Å². The molecule has 0 heterocycles. The average Bonchev–Trinajstić information content (AvgIpc) is 2.38. The molecule has 3 heteroatoms. The minimum atomic E-state index is 0.381. The Kier molecular flexibility index (Phi) is 8.00. The molecule has 0 amide bonds. The Morgan fingerprint density at radius 1 is 1.17 bits per heavy atom. The van der Waals surface area contributed by atoms with Gasteiger partial charge in [0.1, 0.15) is 5.75 Å². The van der Waals surface area contributed by atoms with E-state index >= 15 is 0 Å². The minimum Gasteiger partial charge on any atom is -0.496 e. The van der Waals surface area contributed by atoms with Crippen LogP contribution in [0.25, 0.3) is 0 Å². The van der Waals surface area contributed by atoms with Crippen LogP contribution >= 0.6 is 31.9 Å². The third kappa shape index (κ3) is 5.31. The summed E-state index contributed by atoms with van der Waals surface area (Å²) in [6, 6.07) is 6.18. The highest BCUT2D eigenvalue weighted by Gasteiger charge is 2.13. The van der Waals surface area contributed by atoms with Crippen molar-refractivity contribution in [1.82, 2.24) is 0 Å². The summed E-state index contributed by atoms with van der Waals surface area (Å²) in [4.78, 5) is 0.381. The van der Waals surface area contributed by atoms with Gasteiger partial charge in [-0.2, -0.15) is 0 Å². The van der Waals surface area contributed by atoms with Gasteiger partial charge in [0.05, 0.1) is 7.11 Å². The highest BCUT2D eigenvalue weighted by Crippen LogP contribution is 2.36. The highest BCUT2D eigenvalue weighted by molar-refractivity contribution is 9.10. The predicted molar refractivity (Wildman–Crippen MR) is 85.7 cm³/mol. The molecule has 0 fully saturated rings. The second-order valence-corrected chi connectivity index (χ2v) is 6.58. The molecule has 1 unspecified atom stereocenters. The van der Waals surface area contributed by atoms with Crippen LogP contribution in [0.15, 0.2) is 22.7 Å². The van der Waals surface area contributed by atoms with E-state index in [0.29, 0.717) is 4.83 Å². The van der Waals surface area contributed by atoms with E-state index in [-0.39, 0.29) is 0 Å². The molecule has 0 bridgehead atoms. The Balaban J connectivity index is 2.49. The molecule has 0 aromatic heterocycles. The number of unbranched alkanes of at least 4 members (excludes halogenated alkanes) is 4. The van der Waals surface area contributed by atoms with Crippen LogP contribution in [0.5, 0.6) is 5.75 Å². The first kappa shape index (κ1) is 16.0. The van der Waals surface area contributed by atoms with Crippen LogP contribution in [-0.2, 0) is 0 Å². The second-order valence-electron chi connectivity index (χ2n) is 4.56. The number of alkyl halides is 1. The van der Waals surface area contributed by atoms with E-state index in [1.807, 2.05) is 12.1 Å². The van der Waals surface area contributed by atoms with Gasteiger partial charge in [0.15, 0.2) is 0 Å². The largest absolute Gasteiger partial charge is 0.496 e. The first-order chi connectivity index (χ1) is 8.69. The smallest absolute Gasteiger partial charge is 0.123 e. The molecule has 0 saturated heterocycles. The minimum absolute atomic E-state index is 0.381. The van der Waals surface area contributed by atoms with E-state index in [2.05, 4.69) is 44.8 Å². The number of ether oxygens (including phenoxy) is 1. The van der Waals surface area contributed by atoms with Gasteiger partial charge in [-0.05, 0) is 24.6 Å². The van der Waals surface area contributed by atoms with Crippen LogP contribution in [-0.4, -0.2) is 7.11 Å². The summed E-state index contributed by atoms with van der Waals surface area (Å²) in [5.41, 5.74) is 1.24. The molecule has 1 rings (SSSR count). The highest BCUT2D eigenvalue weighted by atomic mass is 79.9. The van der Waals surface area contributed by atoms with E-state index in [4.69, 9.17) is 4.74 Å². The van der Waals surface area contributed by atoms with Crippen molar-refractivity contribution in [3.63, 3.8) is 0 Å². The maximum Gasteiger partial charge on any atom is 0.123 e. The molecule has 0 saturated carbocycles. The zero-order valence-corrected chi connectivity index (χ0v) is 14.4. The van der Waals surface area contributed by atoms with Crippen LogP contribution < -0.4 is 4.74 Å². The summed E-state index contributed by atoms with van der Waals surface area (Å²) < 4.78 is 6.52. The van der Waals surface area contributed by atoms with E-state index in [1.54, 1.807) is 7.11 Å². The molecule has 102 valence electrons. The maximum absolute atomic E-state index is 5.42. The molecule has 1 aromatic rings. The second kappa shape index (κ2) is 8.98. The van der Waals surface area contributed by atoms with Crippen molar-refractivity contribution in [1.29, 1.82) is 0 Å².